The number of ether oxygens (including phenoxy) is 3. The fourth-order valence-corrected chi connectivity index (χ4v) is 2.76. The van der Waals surface area contributed by atoms with Crippen molar-refractivity contribution in [3.8, 4) is 28.6 Å². The SMILES string of the molecule is C=CCOc1ccc(C(=O)N(C)Cc2nc(-c3ccc(OC)c(OC)c3)no2)cc1. The number of carbonyl (C=O) groups is 1. The lowest BCUT2D eigenvalue weighted by Crippen LogP contribution is -2.26. The lowest BCUT2D eigenvalue weighted by atomic mass is 10.2. The fraction of sp³-hybridized carbons (Fsp3) is 0.227. The van der Waals surface area contributed by atoms with Crippen LogP contribution in [-0.4, -0.2) is 48.8 Å². The maximum Gasteiger partial charge on any atom is 0.254 e. The number of nitrogens with zero attached hydrogens (tertiary/aromatic N) is 3. The summed E-state index contributed by atoms with van der Waals surface area (Å²) in [7, 11) is 4.80. The Labute approximate surface area is 174 Å². The first-order valence-corrected chi connectivity index (χ1v) is 9.20. The third-order valence-corrected chi connectivity index (χ3v) is 4.30. The van der Waals surface area contributed by atoms with E-state index in [0.29, 0.717) is 46.7 Å². The zero-order valence-corrected chi connectivity index (χ0v) is 17.1. The zero-order chi connectivity index (χ0) is 21.5. The van der Waals surface area contributed by atoms with Gasteiger partial charge in [-0.1, -0.05) is 17.8 Å². The Morgan fingerprint density at radius 1 is 1.13 bits per heavy atom. The molecule has 0 unspecified atom stereocenters. The number of amides is 1. The first-order valence-electron chi connectivity index (χ1n) is 9.20. The molecule has 0 aliphatic rings. The first-order chi connectivity index (χ1) is 14.5. The molecule has 0 bridgehead atoms. The average Bonchev–Trinajstić information content (AvgIpc) is 3.25. The molecule has 0 fully saturated rings. The van der Waals surface area contributed by atoms with Crippen molar-refractivity contribution >= 4 is 5.91 Å². The van der Waals surface area contributed by atoms with E-state index in [1.165, 1.54) is 4.90 Å². The number of rotatable bonds is 9. The summed E-state index contributed by atoms with van der Waals surface area (Å²) in [5.74, 6) is 2.39. The molecule has 0 aliphatic carbocycles. The lowest BCUT2D eigenvalue weighted by molar-refractivity contribution is 0.0769. The molecular weight excluding hydrogens is 386 g/mol. The lowest BCUT2D eigenvalue weighted by Gasteiger charge is -2.15. The third-order valence-electron chi connectivity index (χ3n) is 4.30. The maximum absolute atomic E-state index is 12.7. The van der Waals surface area contributed by atoms with E-state index in [1.807, 2.05) is 0 Å². The maximum atomic E-state index is 12.7. The van der Waals surface area contributed by atoms with E-state index in [9.17, 15) is 4.79 Å². The Morgan fingerprint density at radius 3 is 2.53 bits per heavy atom. The molecule has 3 rings (SSSR count). The van der Waals surface area contributed by atoms with Crippen molar-refractivity contribution in [1.29, 1.82) is 0 Å². The molecule has 0 saturated carbocycles. The monoisotopic (exact) mass is 409 g/mol. The highest BCUT2D eigenvalue weighted by Crippen LogP contribution is 2.31. The van der Waals surface area contributed by atoms with E-state index in [-0.39, 0.29) is 12.5 Å². The molecular formula is C22H23N3O5. The van der Waals surface area contributed by atoms with Crippen LogP contribution in [0.2, 0.25) is 0 Å². The largest absolute Gasteiger partial charge is 0.493 e. The number of methoxy groups -OCH3 is 2. The van der Waals surface area contributed by atoms with Crippen LogP contribution in [-0.2, 0) is 6.54 Å². The molecule has 2 aromatic carbocycles. The topological polar surface area (TPSA) is 86.9 Å². The van der Waals surface area contributed by atoms with E-state index >= 15 is 0 Å². The van der Waals surface area contributed by atoms with Crippen molar-refractivity contribution in [2.45, 2.75) is 6.54 Å². The van der Waals surface area contributed by atoms with E-state index in [0.717, 1.165) is 0 Å². The van der Waals surface area contributed by atoms with Crippen LogP contribution in [0.15, 0.2) is 59.6 Å². The van der Waals surface area contributed by atoms with Crippen molar-refractivity contribution < 1.29 is 23.5 Å². The van der Waals surface area contributed by atoms with Crippen LogP contribution in [0.4, 0.5) is 0 Å². The molecule has 1 heterocycles. The highest BCUT2D eigenvalue weighted by atomic mass is 16.5. The summed E-state index contributed by atoms with van der Waals surface area (Å²) >= 11 is 0. The molecule has 0 atom stereocenters. The zero-order valence-electron chi connectivity index (χ0n) is 17.1. The molecule has 0 radical (unpaired) electrons. The molecule has 0 N–H and O–H groups in total. The summed E-state index contributed by atoms with van der Waals surface area (Å²) in [5, 5.41) is 4.00. The quantitative estimate of drug-likeness (QED) is 0.499. The molecule has 3 aromatic rings. The second-order valence-corrected chi connectivity index (χ2v) is 6.37. The second-order valence-electron chi connectivity index (χ2n) is 6.37. The summed E-state index contributed by atoms with van der Waals surface area (Å²) in [6, 6.07) is 12.2. The summed E-state index contributed by atoms with van der Waals surface area (Å²) in [5.41, 5.74) is 1.25. The van der Waals surface area contributed by atoms with E-state index in [1.54, 1.807) is 69.8 Å². The predicted octanol–water partition coefficient (Wildman–Crippen LogP) is 3.59. The van der Waals surface area contributed by atoms with Crippen molar-refractivity contribution in [3.05, 3.63) is 66.6 Å². The number of hydrogen-bond acceptors (Lipinski definition) is 7. The minimum absolute atomic E-state index is 0.170. The summed E-state index contributed by atoms with van der Waals surface area (Å²) in [4.78, 5) is 18.5. The normalized spacial score (nSPS) is 10.4. The van der Waals surface area contributed by atoms with Crippen molar-refractivity contribution in [3.63, 3.8) is 0 Å². The van der Waals surface area contributed by atoms with Gasteiger partial charge in [0.15, 0.2) is 11.5 Å². The van der Waals surface area contributed by atoms with Gasteiger partial charge < -0.3 is 23.6 Å². The van der Waals surface area contributed by atoms with Crippen molar-refractivity contribution in [1.82, 2.24) is 15.0 Å². The van der Waals surface area contributed by atoms with Crippen LogP contribution in [0.3, 0.4) is 0 Å². The smallest absolute Gasteiger partial charge is 0.254 e. The number of hydrogen-bond donors (Lipinski definition) is 0. The van der Waals surface area contributed by atoms with Gasteiger partial charge >= 0.3 is 0 Å². The van der Waals surface area contributed by atoms with Crippen LogP contribution in [0, 0.1) is 0 Å². The van der Waals surface area contributed by atoms with Gasteiger partial charge in [-0.2, -0.15) is 4.98 Å². The van der Waals surface area contributed by atoms with Crippen molar-refractivity contribution in [2.24, 2.45) is 0 Å². The molecule has 0 aliphatic heterocycles. The first kappa shape index (κ1) is 20.9. The molecule has 8 nitrogen and oxygen atoms in total. The summed E-state index contributed by atoms with van der Waals surface area (Å²) < 4.78 is 21.3. The molecule has 8 heteroatoms. The van der Waals surface area contributed by atoms with Crippen LogP contribution < -0.4 is 14.2 Å². The van der Waals surface area contributed by atoms with Crippen molar-refractivity contribution in [2.75, 3.05) is 27.9 Å². The Bertz CT molecular complexity index is 1010. The minimum atomic E-state index is -0.170. The molecule has 30 heavy (non-hydrogen) atoms. The van der Waals surface area contributed by atoms with Gasteiger partial charge in [0.25, 0.3) is 5.91 Å². The van der Waals surface area contributed by atoms with Crippen LogP contribution >= 0.6 is 0 Å². The molecule has 156 valence electrons. The average molecular weight is 409 g/mol. The van der Waals surface area contributed by atoms with E-state index < -0.39 is 0 Å². The fourth-order valence-electron chi connectivity index (χ4n) is 2.76. The van der Waals surface area contributed by atoms with Gasteiger partial charge in [0.2, 0.25) is 11.7 Å². The summed E-state index contributed by atoms with van der Waals surface area (Å²) in [6.45, 7) is 4.19. The van der Waals surface area contributed by atoms with Crippen LogP contribution in [0.25, 0.3) is 11.4 Å². The second kappa shape index (κ2) is 9.60. The standard InChI is InChI=1S/C22H23N3O5/c1-5-12-29-17-9-6-15(7-10-17)22(26)25(2)14-20-23-21(24-30-20)16-8-11-18(27-3)19(13-16)28-4/h5-11,13H,1,12,14H2,2-4H3. The Balaban J connectivity index is 1.67. The highest BCUT2D eigenvalue weighted by molar-refractivity contribution is 5.94. The Hall–Kier alpha value is -3.81. The van der Waals surface area contributed by atoms with Gasteiger partial charge in [-0.25, -0.2) is 0 Å². The third kappa shape index (κ3) is 4.78. The number of aromatic nitrogens is 2. The minimum Gasteiger partial charge on any atom is -0.493 e. The molecule has 1 aromatic heterocycles. The van der Waals surface area contributed by atoms with Gasteiger partial charge in [0, 0.05) is 18.2 Å². The van der Waals surface area contributed by atoms with Crippen LogP contribution in [0.1, 0.15) is 16.2 Å². The summed E-state index contributed by atoms with van der Waals surface area (Å²) in [6.07, 6.45) is 1.66. The van der Waals surface area contributed by atoms with Gasteiger partial charge in [0.1, 0.15) is 12.4 Å². The Kier molecular flexibility index (Phi) is 6.69. The Morgan fingerprint density at radius 2 is 1.87 bits per heavy atom. The molecule has 1 amide bonds. The molecule has 0 spiro atoms. The van der Waals surface area contributed by atoms with E-state index in [2.05, 4.69) is 16.7 Å². The number of carbonyl (C=O) groups excluding carboxylic acids is 1. The van der Waals surface area contributed by atoms with Gasteiger partial charge in [0.05, 0.1) is 20.8 Å². The van der Waals surface area contributed by atoms with Crippen LogP contribution in [0.5, 0.6) is 17.2 Å². The molecule has 0 saturated heterocycles. The highest BCUT2D eigenvalue weighted by Gasteiger charge is 2.17. The number of benzene rings is 2. The van der Waals surface area contributed by atoms with Gasteiger partial charge in [-0.3, -0.25) is 4.79 Å². The van der Waals surface area contributed by atoms with E-state index in [4.69, 9.17) is 18.7 Å². The van der Waals surface area contributed by atoms with Gasteiger partial charge in [-0.15, -0.1) is 0 Å². The predicted molar refractivity (Wildman–Crippen MR) is 111 cm³/mol. The van der Waals surface area contributed by atoms with Gasteiger partial charge in [-0.05, 0) is 42.5 Å².